The lowest BCUT2D eigenvalue weighted by Crippen LogP contribution is -2.47. The molecular formula is C9H15BrF3NO2. The zero-order chi connectivity index (χ0) is 12.0. The molecule has 16 heavy (non-hydrogen) atoms. The quantitative estimate of drug-likeness (QED) is 0.570. The topological polar surface area (TPSA) is 21.7 Å². The molecule has 0 spiro atoms. The Morgan fingerprint density at radius 3 is 2.81 bits per heavy atom. The predicted octanol–water partition coefficient (Wildman–Crippen LogP) is 1.66. The summed E-state index contributed by atoms with van der Waals surface area (Å²) < 4.78 is 45.2. The van der Waals surface area contributed by atoms with Crippen LogP contribution in [0.5, 0.6) is 0 Å². The molecular weight excluding hydrogens is 291 g/mol. The van der Waals surface area contributed by atoms with Crippen LogP contribution in [0.15, 0.2) is 0 Å². The maximum atomic E-state index is 11.8. The zero-order valence-electron chi connectivity index (χ0n) is 8.80. The minimum absolute atomic E-state index is 0.100. The SMILES string of the molecule is FC(F)(F)COCCN1CCOCC1CBr. The maximum absolute atomic E-state index is 11.8. The first-order valence-corrected chi connectivity index (χ1v) is 6.17. The molecule has 1 saturated heterocycles. The van der Waals surface area contributed by atoms with Gasteiger partial charge in [0.05, 0.1) is 19.8 Å². The van der Waals surface area contributed by atoms with Crippen LogP contribution in [0.1, 0.15) is 0 Å². The second-order valence-electron chi connectivity index (χ2n) is 3.59. The van der Waals surface area contributed by atoms with Crippen LogP contribution in [0.3, 0.4) is 0 Å². The van der Waals surface area contributed by atoms with Gasteiger partial charge in [0.25, 0.3) is 0 Å². The van der Waals surface area contributed by atoms with Gasteiger partial charge in [0.2, 0.25) is 0 Å². The largest absolute Gasteiger partial charge is 0.411 e. The molecule has 96 valence electrons. The highest BCUT2D eigenvalue weighted by molar-refractivity contribution is 9.09. The first-order valence-electron chi connectivity index (χ1n) is 5.05. The number of ether oxygens (including phenoxy) is 2. The highest BCUT2D eigenvalue weighted by atomic mass is 79.9. The number of hydrogen-bond donors (Lipinski definition) is 0. The molecule has 1 fully saturated rings. The Labute approximate surface area is 101 Å². The summed E-state index contributed by atoms with van der Waals surface area (Å²) in [4.78, 5) is 2.08. The fourth-order valence-electron chi connectivity index (χ4n) is 1.50. The van der Waals surface area contributed by atoms with Gasteiger partial charge in [-0.1, -0.05) is 15.9 Å². The molecule has 1 atom stereocenters. The van der Waals surface area contributed by atoms with E-state index in [9.17, 15) is 13.2 Å². The molecule has 1 heterocycles. The maximum Gasteiger partial charge on any atom is 0.411 e. The van der Waals surface area contributed by atoms with Gasteiger partial charge in [-0.25, -0.2) is 0 Å². The summed E-state index contributed by atoms with van der Waals surface area (Å²) in [5, 5.41) is 0.756. The van der Waals surface area contributed by atoms with Crippen LogP contribution < -0.4 is 0 Å². The van der Waals surface area contributed by atoms with Crippen LogP contribution in [0.4, 0.5) is 13.2 Å². The van der Waals surface area contributed by atoms with Crippen LogP contribution in [0.25, 0.3) is 0 Å². The summed E-state index contributed by atoms with van der Waals surface area (Å²) in [6.45, 7) is 1.42. The molecule has 0 saturated carbocycles. The summed E-state index contributed by atoms with van der Waals surface area (Å²) in [5.41, 5.74) is 0. The van der Waals surface area contributed by atoms with Gasteiger partial charge in [-0.3, -0.25) is 4.90 Å². The van der Waals surface area contributed by atoms with Crippen molar-refractivity contribution in [3.05, 3.63) is 0 Å². The molecule has 0 aromatic carbocycles. The van der Waals surface area contributed by atoms with Crippen LogP contribution in [0.2, 0.25) is 0 Å². The standard InChI is InChI=1S/C9H15BrF3NO2/c10-5-8-6-15-3-1-14(8)2-4-16-7-9(11,12)13/h8H,1-7H2. The summed E-state index contributed by atoms with van der Waals surface area (Å²) in [6.07, 6.45) is -4.24. The molecule has 0 amide bonds. The van der Waals surface area contributed by atoms with Crippen molar-refractivity contribution in [2.24, 2.45) is 0 Å². The molecule has 0 bridgehead atoms. The van der Waals surface area contributed by atoms with Crippen LogP contribution in [0, 0.1) is 0 Å². The lowest BCUT2D eigenvalue weighted by molar-refractivity contribution is -0.175. The third-order valence-electron chi connectivity index (χ3n) is 2.32. The zero-order valence-corrected chi connectivity index (χ0v) is 10.4. The van der Waals surface area contributed by atoms with Crippen LogP contribution in [-0.4, -0.2) is 62.0 Å². The van der Waals surface area contributed by atoms with Crippen molar-refractivity contribution in [3.8, 4) is 0 Å². The van der Waals surface area contributed by atoms with E-state index in [4.69, 9.17) is 4.74 Å². The minimum atomic E-state index is -4.24. The average molecular weight is 306 g/mol. The van der Waals surface area contributed by atoms with E-state index in [1.165, 1.54) is 0 Å². The minimum Gasteiger partial charge on any atom is -0.378 e. The predicted molar refractivity (Wildman–Crippen MR) is 56.8 cm³/mol. The Kier molecular flexibility index (Phi) is 6.02. The van der Waals surface area contributed by atoms with Gasteiger partial charge in [-0.05, 0) is 0 Å². The molecule has 0 aliphatic carbocycles. The first kappa shape index (κ1) is 14.2. The van der Waals surface area contributed by atoms with Gasteiger partial charge in [0.15, 0.2) is 0 Å². The average Bonchev–Trinajstić information content (AvgIpc) is 2.23. The molecule has 1 unspecified atom stereocenters. The monoisotopic (exact) mass is 305 g/mol. The van der Waals surface area contributed by atoms with E-state index >= 15 is 0 Å². The van der Waals surface area contributed by atoms with Crippen LogP contribution in [-0.2, 0) is 9.47 Å². The van der Waals surface area contributed by atoms with E-state index in [2.05, 4.69) is 25.6 Å². The number of hydrogen-bond acceptors (Lipinski definition) is 3. The fraction of sp³-hybridized carbons (Fsp3) is 1.00. The number of halogens is 4. The lowest BCUT2D eigenvalue weighted by Gasteiger charge is -2.34. The van der Waals surface area contributed by atoms with Gasteiger partial charge in [0, 0.05) is 24.5 Å². The normalized spacial score (nSPS) is 23.6. The summed E-state index contributed by atoms with van der Waals surface area (Å²) >= 11 is 3.35. The fourth-order valence-corrected chi connectivity index (χ4v) is 2.09. The van der Waals surface area contributed by atoms with E-state index in [1.54, 1.807) is 0 Å². The lowest BCUT2D eigenvalue weighted by atomic mass is 10.2. The third-order valence-corrected chi connectivity index (χ3v) is 3.06. The highest BCUT2D eigenvalue weighted by Gasteiger charge is 2.28. The van der Waals surface area contributed by atoms with E-state index < -0.39 is 12.8 Å². The van der Waals surface area contributed by atoms with Gasteiger partial charge in [0.1, 0.15) is 6.61 Å². The molecule has 0 N–H and O–H groups in total. The number of nitrogens with zero attached hydrogens (tertiary/aromatic N) is 1. The summed E-state index contributed by atoms with van der Waals surface area (Å²) in [7, 11) is 0. The second kappa shape index (κ2) is 6.78. The molecule has 3 nitrogen and oxygen atoms in total. The van der Waals surface area contributed by atoms with Crippen molar-refractivity contribution < 1.29 is 22.6 Å². The van der Waals surface area contributed by atoms with Crippen molar-refractivity contribution in [3.63, 3.8) is 0 Å². The van der Waals surface area contributed by atoms with Gasteiger partial charge >= 0.3 is 6.18 Å². The Hall–Kier alpha value is 0.150. The molecule has 0 radical (unpaired) electrons. The highest BCUT2D eigenvalue weighted by Crippen LogP contribution is 2.14. The van der Waals surface area contributed by atoms with Gasteiger partial charge < -0.3 is 9.47 Å². The van der Waals surface area contributed by atoms with Gasteiger partial charge in [-0.15, -0.1) is 0 Å². The van der Waals surface area contributed by atoms with E-state index in [0.29, 0.717) is 19.8 Å². The molecule has 1 aliphatic rings. The number of alkyl halides is 4. The molecule has 0 aromatic rings. The van der Waals surface area contributed by atoms with Crippen molar-refractivity contribution in [1.82, 2.24) is 4.90 Å². The Balaban J connectivity index is 2.15. The Morgan fingerprint density at radius 2 is 2.19 bits per heavy atom. The number of rotatable bonds is 5. The van der Waals surface area contributed by atoms with Crippen molar-refractivity contribution in [1.29, 1.82) is 0 Å². The third kappa shape index (κ3) is 5.47. The molecule has 0 aromatic heterocycles. The summed E-state index contributed by atoms with van der Waals surface area (Å²) in [6, 6.07) is 0.225. The van der Waals surface area contributed by atoms with Crippen molar-refractivity contribution >= 4 is 15.9 Å². The van der Waals surface area contributed by atoms with Crippen LogP contribution >= 0.6 is 15.9 Å². The molecule has 7 heteroatoms. The Morgan fingerprint density at radius 1 is 1.44 bits per heavy atom. The van der Waals surface area contributed by atoms with Crippen molar-refractivity contribution in [2.75, 3.05) is 44.8 Å². The van der Waals surface area contributed by atoms with E-state index in [1.807, 2.05) is 0 Å². The van der Waals surface area contributed by atoms with E-state index in [0.717, 1.165) is 11.9 Å². The van der Waals surface area contributed by atoms with E-state index in [-0.39, 0.29) is 12.6 Å². The van der Waals surface area contributed by atoms with Crippen molar-refractivity contribution in [2.45, 2.75) is 12.2 Å². The number of morpholine rings is 1. The molecule has 1 rings (SSSR count). The molecule has 1 aliphatic heterocycles. The first-order chi connectivity index (χ1) is 7.53. The Bertz CT molecular complexity index is 204. The summed E-state index contributed by atoms with van der Waals surface area (Å²) in [5.74, 6) is 0. The second-order valence-corrected chi connectivity index (χ2v) is 4.23. The smallest absolute Gasteiger partial charge is 0.378 e. The van der Waals surface area contributed by atoms with Gasteiger partial charge in [-0.2, -0.15) is 13.2 Å².